The average molecular weight is 372 g/mol. The standard InChI is InChI=1S/C21H33N5O/c1-14(2)27-19-10-8-18(9-11-19)13-23-21(22-6)24-15(3)12-20-16(4)25-26(7)17(20)5/h8-11,14-15H,12-13H2,1-7H3,(H2,22,23,24). The Morgan fingerprint density at radius 3 is 2.37 bits per heavy atom. The van der Waals surface area contributed by atoms with Crippen molar-refractivity contribution in [1.82, 2.24) is 20.4 Å². The lowest BCUT2D eigenvalue weighted by atomic mass is 10.1. The van der Waals surface area contributed by atoms with Gasteiger partial charge in [-0.1, -0.05) is 12.1 Å². The predicted octanol–water partition coefficient (Wildman–Crippen LogP) is 3.12. The van der Waals surface area contributed by atoms with E-state index >= 15 is 0 Å². The van der Waals surface area contributed by atoms with Crippen LogP contribution < -0.4 is 15.4 Å². The van der Waals surface area contributed by atoms with E-state index in [1.54, 1.807) is 7.05 Å². The molecule has 1 aromatic carbocycles. The monoisotopic (exact) mass is 371 g/mol. The van der Waals surface area contributed by atoms with Crippen molar-refractivity contribution in [2.45, 2.75) is 59.7 Å². The molecule has 0 bridgehead atoms. The molecule has 6 nitrogen and oxygen atoms in total. The van der Waals surface area contributed by atoms with Gasteiger partial charge in [-0.25, -0.2) is 0 Å². The largest absolute Gasteiger partial charge is 0.491 e. The highest BCUT2D eigenvalue weighted by Gasteiger charge is 2.14. The highest BCUT2D eigenvalue weighted by atomic mass is 16.5. The van der Waals surface area contributed by atoms with E-state index in [-0.39, 0.29) is 12.1 Å². The van der Waals surface area contributed by atoms with Crippen molar-refractivity contribution in [1.29, 1.82) is 0 Å². The highest BCUT2D eigenvalue weighted by Crippen LogP contribution is 2.15. The van der Waals surface area contributed by atoms with Gasteiger partial charge in [-0.05, 0) is 64.3 Å². The lowest BCUT2D eigenvalue weighted by Crippen LogP contribution is -2.42. The molecule has 27 heavy (non-hydrogen) atoms. The highest BCUT2D eigenvalue weighted by molar-refractivity contribution is 5.79. The van der Waals surface area contributed by atoms with E-state index in [4.69, 9.17) is 4.74 Å². The Bertz CT molecular complexity index is 762. The summed E-state index contributed by atoms with van der Waals surface area (Å²) in [5, 5.41) is 11.3. The molecule has 148 valence electrons. The molecule has 0 saturated carbocycles. The number of aryl methyl sites for hydroxylation is 2. The third-order valence-electron chi connectivity index (χ3n) is 4.53. The molecule has 1 unspecified atom stereocenters. The quantitative estimate of drug-likeness (QED) is 0.580. The van der Waals surface area contributed by atoms with Gasteiger partial charge in [0.25, 0.3) is 0 Å². The van der Waals surface area contributed by atoms with Crippen molar-refractivity contribution in [3.05, 3.63) is 46.8 Å². The molecule has 0 aliphatic rings. The first kappa shape index (κ1) is 20.8. The summed E-state index contributed by atoms with van der Waals surface area (Å²) in [6, 6.07) is 8.40. The molecule has 1 atom stereocenters. The van der Waals surface area contributed by atoms with Gasteiger partial charge in [0.15, 0.2) is 5.96 Å². The third kappa shape index (κ3) is 6.01. The molecule has 0 fully saturated rings. The first-order valence-electron chi connectivity index (χ1n) is 9.52. The van der Waals surface area contributed by atoms with Gasteiger partial charge in [-0.3, -0.25) is 9.67 Å². The van der Waals surface area contributed by atoms with Gasteiger partial charge >= 0.3 is 0 Å². The van der Waals surface area contributed by atoms with Gasteiger partial charge in [0.1, 0.15) is 5.75 Å². The minimum Gasteiger partial charge on any atom is -0.491 e. The molecule has 0 saturated heterocycles. The molecule has 0 amide bonds. The second kappa shape index (κ2) is 9.44. The summed E-state index contributed by atoms with van der Waals surface area (Å²) in [5.74, 6) is 1.69. The van der Waals surface area contributed by atoms with Crippen molar-refractivity contribution < 1.29 is 4.74 Å². The summed E-state index contributed by atoms with van der Waals surface area (Å²) in [6.07, 6.45) is 1.10. The van der Waals surface area contributed by atoms with Gasteiger partial charge in [0.2, 0.25) is 0 Å². The van der Waals surface area contributed by atoms with Crippen molar-refractivity contribution in [2.24, 2.45) is 12.0 Å². The van der Waals surface area contributed by atoms with Gasteiger partial charge < -0.3 is 15.4 Å². The zero-order valence-electron chi connectivity index (χ0n) is 17.6. The fourth-order valence-corrected chi connectivity index (χ4v) is 3.04. The topological polar surface area (TPSA) is 63.5 Å². The number of hydrogen-bond acceptors (Lipinski definition) is 3. The van der Waals surface area contributed by atoms with E-state index in [2.05, 4.69) is 53.6 Å². The van der Waals surface area contributed by atoms with Crippen LogP contribution in [0.1, 0.15) is 43.3 Å². The number of rotatable bonds is 7. The summed E-state index contributed by atoms with van der Waals surface area (Å²) in [6.45, 7) is 11.1. The van der Waals surface area contributed by atoms with Crippen molar-refractivity contribution in [2.75, 3.05) is 7.05 Å². The van der Waals surface area contributed by atoms with Crippen LogP contribution in [0.25, 0.3) is 0 Å². The molecule has 6 heteroatoms. The fourth-order valence-electron chi connectivity index (χ4n) is 3.04. The molecular formula is C21H33N5O. The molecular weight excluding hydrogens is 338 g/mol. The molecule has 0 aliphatic heterocycles. The van der Waals surface area contributed by atoms with Crippen LogP contribution in [0.3, 0.4) is 0 Å². The Kier molecular flexibility index (Phi) is 7.28. The maximum absolute atomic E-state index is 5.68. The normalized spacial score (nSPS) is 13.0. The maximum Gasteiger partial charge on any atom is 0.191 e. The zero-order chi connectivity index (χ0) is 20.0. The lowest BCUT2D eigenvalue weighted by molar-refractivity contribution is 0.242. The van der Waals surface area contributed by atoms with Crippen LogP contribution in [0.4, 0.5) is 0 Å². The van der Waals surface area contributed by atoms with Crippen LogP contribution >= 0.6 is 0 Å². The smallest absolute Gasteiger partial charge is 0.191 e. The van der Waals surface area contributed by atoms with Crippen LogP contribution in [-0.4, -0.2) is 34.9 Å². The zero-order valence-corrected chi connectivity index (χ0v) is 17.6. The molecule has 2 rings (SSSR count). The number of nitrogens with one attached hydrogen (secondary N) is 2. The molecule has 1 aromatic heterocycles. The first-order chi connectivity index (χ1) is 12.8. The summed E-state index contributed by atoms with van der Waals surface area (Å²) in [4.78, 5) is 4.34. The predicted molar refractivity (Wildman–Crippen MR) is 111 cm³/mol. The van der Waals surface area contributed by atoms with Crippen molar-refractivity contribution in [3.8, 4) is 5.75 Å². The summed E-state index contributed by atoms with van der Waals surface area (Å²) in [7, 11) is 3.78. The molecule has 1 heterocycles. The van der Waals surface area contributed by atoms with E-state index in [1.165, 1.54) is 16.8 Å². The van der Waals surface area contributed by atoms with E-state index in [0.717, 1.165) is 23.8 Å². The SMILES string of the molecule is CN=C(NCc1ccc(OC(C)C)cc1)NC(C)Cc1c(C)nn(C)c1C. The van der Waals surface area contributed by atoms with Crippen LogP contribution in [0.5, 0.6) is 5.75 Å². The number of guanidine groups is 1. The number of benzene rings is 1. The molecule has 0 aliphatic carbocycles. The summed E-state index contributed by atoms with van der Waals surface area (Å²) < 4.78 is 7.62. The molecule has 0 radical (unpaired) electrons. The minimum absolute atomic E-state index is 0.186. The Morgan fingerprint density at radius 2 is 1.85 bits per heavy atom. The lowest BCUT2D eigenvalue weighted by Gasteiger charge is -2.18. The van der Waals surface area contributed by atoms with Gasteiger partial charge in [-0.2, -0.15) is 5.10 Å². The molecule has 0 spiro atoms. The number of ether oxygens (including phenoxy) is 1. The van der Waals surface area contributed by atoms with E-state index < -0.39 is 0 Å². The number of aromatic nitrogens is 2. The Balaban J connectivity index is 1.88. The van der Waals surface area contributed by atoms with Gasteiger partial charge in [0.05, 0.1) is 11.8 Å². The summed E-state index contributed by atoms with van der Waals surface area (Å²) >= 11 is 0. The van der Waals surface area contributed by atoms with Crippen molar-refractivity contribution in [3.63, 3.8) is 0 Å². The fraction of sp³-hybridized carbons (Fsp3) is 0.524. The van der Waals surface area contributed by atoms with Crippen LogP contribution in [0, 0.1) is 13.8 Å². The number of aliphatic imine (C=N–C) groups is 1. The van der Waals surface area contributed by atoms with Crippen molar-refractivity contribution >= 4 is 5.96 Å². The van der Waals surface area contributed by atoms with Gasteiger partial charge in [-0.15, -0.1) is 0 Å². The maximum atomic E-state index is 5.68. The third-order valence-corrected chi connectivity index (χ3v) is 4.53. The Morgan fingerprint density at radius 1 is 1.19 bits per heavy atom. The van der Waals surface area contributed by atoms with Crippen LogP contribution in [0.2, 0.25) is 0 Å². The van der Waals surface area contributed by atoms with Gasteiger partial charge in [0, 0.05) is 32.4 Å². The Labute approximate surface area is 163 Å². The van der Waals surface area contributed by atoms with E-state index in [9.17, 15) is 0 Å². The number of nitrogens with zero attached hydrogens (tertiary/aromatic N) is 3. The molecule has 2 N–H and O–H groups in total. The average Bonchev–Trinajstić information content (AvgIpc) is 2.85. The summed E-state index contributed by atoms with van der Waals surface area (Å²) in [5.41, 5.74) is 4.79. The first-order valence-corrected chi connectivity index (χ1v) is 9.52. The Hall–Kier alpha value is -2.50. The van der Waals surface area contributed by atoms with Crippen LogP contribution in [-0.2, 0) is 20.0 Å². The minimum atomic E-state index is 0.186. The number of hydrogen-bond donors (Lipinski definition) is 2. The van der Waals surface area contributed by atoms with E-state index in [0.29, 0.717) is 6.54 Å². The second-order valence-electron chi connectivity index (χ2n) is 7.26. The van der Waals surface area contributed by atoms with E-state index in [1.807, 2.05) is 37.7 Å². The van der Waals surface area contributed by atoms with Crippen LogP contribution in [0.15, 0.2) is 29.3 Å². The second-order valence-corrected chi connectivity index (χ2v) is 7.26. The molecule has 2 aromatic rings.